The first-order chi connectivity index (χ1) is 11.6. The van der Waals surface area contributed by atoms with Crippen molar-refractivity contribution in [3.05, 3.63) is 35.4 Å². The molecule has 0 bridgehead atoms. The Balaban J connectivity index is 1.70. The van der Waals surface area contributed by atoms with Gasteiger partial charge in [-0.2, -0.15) is 0 Å². The van der Waals surface area contributed by atoms with Crippen LogP contribution in [0.25, 0.3) is 0 Å². The van der Waals surface area contributed by atoms with Crippen LogP contribution in [0.4, 0.5) is 0 Å². The summed E-state index contributed by atoms with van der Waals surface area (Å²) in [4.78, 5) is 23.6. The van der Waals surface area contributed by atoms with Crippen molar-refractivity contribution in [1.82, 2.24) is 10.6 Å². The van der Waals surface area contributed by atoms with Gasteiger partial charge in [0.25, 0.3) is 5.91 Å². The predicted molar refractivity (Wildman–Crippen MR) is 95.7 cm³/mol. The molecule has 0 saturated heterocycles. The average Bonchev–Trinajstić information content (AvgIpc) is 2.62. The van der Waals surface area contributed by atoms with Gasteiger partial charge in [-0.1, -0.05) is 44.2 Å². The summed E-state index contributed by atoms with van der Waals surface area (Å²) in [6.07, 6.45) is 7.80. The van der Waals surface area contributed by atoms with E-state index in [1.165, 1.54) is 32.1 Å². The molecular weight excluding hydrogens is 302 g/mol. The summed E-state index contributed by atoms with van der Waals surface area (Å²) >= 11 is 0. The summed E-state index contributed by atoms with van der Waals surface area (Å²) in [6, 6.07) is 7.02. The molecule has 1 aromatic carbocycles. The number of carbonyl (C=O) groups excluding carboxylic acids is 2. The maximum atomic E-state index is 12.1. The van der Waals surface area contributed by atoms with Crippen molar-refractivity contribution >= 4 is 11.8 Å². The minimum Gasteiger partial charge on any atom is -0.355 e. The highest BCUT2D eigenvalue weighted by Crippen LogP contribution is 2.26. The Hall–Kier alpha value is -1.88. The van der Waals surface area contributed by atoms with E-state index in [4.69, 9.17) is 5.73 Å². The van der Waals surface area contributed by atoms with Gasteiger partial charge in [0.05, 0.1) is 6.04 Å². The summed E-state index contributed by atoms with van der Waals surface area (Å²) in [5.74, 6) is 0.461. The zero-order valence-electron chi connectivity index (χ0n) is 14.5. The molecule has 132 valence electrons. The van der Waals surface area contributed by atoms with Crippen LogP contribution in [0.2, 0.25) is 0 Å². The number of carbonyl (C=O) groups is 2. The highest BCUT2D eigenvalue weighted by Gasteiger charge is 2.20. The van der Waals surface area contributed by atoms with Crippen LogP contribution in [0.5, 0.6) is 0 Å². The van der Waals surface area contributed by atoms with E-state index in [1.54, 1.807) is 19.2 Å². The predicted octanol–water partition coefficient (Wildman–Crippen LogP) is 2.00. The van der Waals surface area contributed by atoms with Crippen molar-refractivity contribution in [2.75, 3.05) is 13.6 Å². The highest BCUT2D eigenvalue weighted by molar-refractivity contribution is 5.93. The monoisotopic (exact) mass is 331 g/mol. The fraction of sp³-hybridized carbons (Fsp3) is 0.579. The molecule has 1 aliphatic carbocycles. The molecule has 2 rings (SSSR count). The summed E-state index contributed by atoms with van der Waals surface area (Å²) in [5.41, 5.74) is 7.77. The van der Waals surface area contributed by atoms with Gasteiger partial charge < -0.3 is 16.4 Å². The lowest BCUT2D eigenvalue weighted by Gasteiger charge is -2.24. The minimum atomic E-state index is -0.399. The quantitative estimate of drug-likeness (QED) is 0.714. The third kappa shape index (κ3) is 5.64. The number of nitrogens with one attached hydrogen (secondary N) is 2. The van der Waals surface area contributed by atoms with E-state index >= 15 is 0 Å². The largest absolute Gasteiger partial charge is 0.355 e. The molecule has 24 heavy (non-hydrogen) atoms. The summed E-state index contributed by atoms with van der Waals surface area (Å²) in [7, 11) is 1.61. The Bertz CT molecular complexity index is 536. The van der Waals surface area contributed by atoms with Gasteiger partial charge >= 0.3 is 0 Å². The van der Waals surface area contributed by atoms with Crippen molar-refractivity contribution < 1.29 is 9.59 Å². The third-order valence-electron chi connectivity index (χ3n) is 4.80. The maximum Gasteiger partial charge on any atom is 0.251 e. The topological polar surface area (TPSA) is 84.2 Å². The van der Waals surface area contributed by atoms with E-state index in [1.807, 2.05) is 12.1 Å². The first kappa shape index (κ1) is 18.5. The average molecular weight is 331 g/mol. The molecule has 0 heterocycles. The van der Waals surface area contributed by atoms with Crippen LogP contribution in [0.3, 0.4) is 0 Å². The standard InChI is InChI=1S/C19H29N3O2/c1-21-18(23)16-9-7-14(8-10-16)11-12-22-19(24)17(20)13-15-5-3-2-4-6-15/h7-10,15,17H,2-6,11-13,20H2,1H3,(H,21,23)(H,22,24)/t17-/m0/s1. The lowest BCUT2D eigenvalue weighted by molar-refractivity contribution is -0.122. The molecule has 2 amide bonds. The molecule has 1 saturated carbocycles. The minimum absolute atomic E-state index is 0.0532. The van der Waals surface area contributed by atoms with Crippen molar-refractivity contribution in [2.45, 2.75) is 51.0 Å². The van der Waals surface area contributed by atoms with Crippen LogP contribution >= 0.6 is 0 Å². The van der Waals surface area contributed by atoms with E-state index in [0.29, 0.717) is 18.0 Å². The molecule has 0 aliphatic heterocycles. The van der Waals surface area contributed by atoms with Crippen LogP contribution in [0.15, 0.2) is 24.3 Å². The lowest BCUT2D eigenvalue weighted by Crippen LogP contribution is -2.42. The number of benzene rings is 1. The van der Waals surface area contributed by atoms with Gasteiger partial charge in [0.15, 0.2) is 0 Å². The van der Waals surface area contributed by atoms with Crippen molar-refractivity contribution in [3.63, 3.8) is 0 Å². The summed E-state index contributed by atoms with van der Waals surface area (Å²) in [5, 5.41) is 5.52. The van der Waals surface area contributed by atoms with E-state index in [0.717, 1.165) is 18.4 Å². The van der Waals surface area contributed by atoms with Gasteiger partial charge in [0, 0.05) is 19.2 Å². The van der Waals surface area contributed by atoms with Crippen LogP contribution < -0.4 is 16.4 Å². The Morgan fingerprint density at radius 3 is 2.46 bits per heavy atom. The number of hydrogen-bond donors (Lipinski definition) is 3. The number of rotatable bonds is 7. The smallest absolute Gasteiger partial charge is 0.251 e. The maximum absolute atomic E-state index is 12.1. The summed E-state index contributed by atoms with van der Waals surface area (Å²) in [6.45, 7) is 0.566. The first-order valence-corrected chi connectivity index (χ1v) is 8.94. The zero-order chi connectivity index (χ0) is 17.4. The SMILES string of the molecule is CNC(=O)c1ccc(CCNC(=O)[C@@H](N)CC2CCCCC2)cc1. The fourth-order valence-electron chi connectivity index (χ4n) is 3.32. The van der Waals surface area contributed by atoms with Gasteiger partial charge in [0.1, 0.15) is 0 Å². The molecule has 1 atom stereocenters. The van der Waals surface area contributed by atoms with Crippen molar-refractivity contribution in [1.29, 1.82) is 0 Å². The van der Waals surface area contributed by atoms with Crippen LogP contribution in [-0.4, -0.2) is 31.4 Å². The highest BCUT2D eigenvalue weighted by atomic mass is 16.2. The Morgan fingerprint density at radius 1 is 1.17 bits per heavy atom. The molecule has 1 aliphatic rings. The second-order valence-electron chi connectivity index (χ2n) is 6.66. The van der Waals surface area contributed by atoms with E-state index in [-0.39, 0.29) is 11.8 Å². The molecule has 0 unspecified atom stereocenters. The molecule has 5 heteroatoms. The van der Waals surface area contributed by atoms with Gasteiger partial charge in [0.2, 0.25) is 5.91 Å². The van der Waals surface area contributed by atoms with Crippen molar-refractivity contribution in [3.8, 4) is 0 Å². The van der Waals surface area contributed by atoms with Crippen LogP contribution in [-0.2, 0) is 11.2 Å². The van der Waals surface area contributed by atoms with Gasteiger partial charge in [-0.25, -0.2) is 0 Å². The fourth-order valence-corrected chi connectivity index (χ4v) is 3.32. The number of nitrogens with two attached hydrogens (primary N) is 1. The molecule has 1 fully saturated rings. The van der Waals surface area contributed by atoms with Crippen LogP contribution in [0, 0.1) is 5.92 Å². The molecule has 4 N–H and O–H groups in total. The number of hydrogen-bond acceptors (Lipinski definition) is 3. The zero-order valence-corrected chi connectivity index (χ0v) is 14.5. The molecule has 1 aromatic rings. The molecule has 0 spiro atoms. The molecule has 5 nitrogen and oxygen atoms in total. The Labute approximate surface area is 144 Å². The summed E-state index contributed by atoms with van der Waals surface area (Å²) < 4.78 is 0. The number of amides is 2. The first-order valence-electron chi connectivity index (χ1n) is 8.94. The van der Waals surface area contributed by atoms with Crippen LogP contribution in [0.1, 0.15) is 54.4 Å². The Morgan fingerprint density at radius 2 is 1.83 bits per heavy atom. The van der Waals surface area contributed by atoms with Gasteiger partial charge in [-0.05, 0) is 36.5 Å². The lowest BCUT2D eigenvalue weighted by atomic mass is 9.85. The third-order valence-corrected chi connectivity index (χ3v) is 4.80. The van der Waals surface area contributed by atoms with E-state index in [2.05, 4.69) is 10.6 Å². The molecule has 0 aromatic heterocycles. The normalized spacial score (nSPS) is 16.4. The van der Waals surface area contributed by atoms with Gasteiger partial charge in [-0.3, -0.25) is 9.59 Å². The second-order valence-corrected chi connectivity index (χ2v) is 6.66. The van der Waals surface area contributed by atoms with E-state index < -0.39 is 6.04 Å². The second kappa shape index (κ2) is 9.42. The van der Waals surface area contributed by atoms with E-state index in [9.17, 15) is 9.59 Å². The van der Waals surface area contributed by atoms with Gasteiger partial charge in [-0.15, -0.1) is 0 Å². The Kier molecular flexibility index (Phi) is 7.25. The molecule has 0 radical (unpaired) electrons. The van der Waals surface area contributed by atoms with Crippen molar-refractivity contribution in [2.24, 2.45) is 11.7 Å². The molecular formula is C19H29N3O2.